The fourth-order valence-electron chi connectivity index (χ4n) is 2.61. The molecule has 0 saturated carbocycles. The van der Waals surface area contributed by atoms with Crippen LogP contribution in [0.4, 0.5) is 5.69 Å². The molecule has 0 aromatic heterocycles. The van der Waals surface area contributed by atoms with Crippen LogP contribution in [-0.2, 0) is 13.2 Å². The summed E-state index contributed by atoms with van der Waals surface area (Å²) in [6.07, 6.45) is 0. The number of methoxy groups -OCH3 is 1. The van der Waals surface area contributed by atoms with Crippen LogP contribution in [-0.4, -0.2) is 7.11 Å². The molecule has 0 aliphatic heterocycles. The van der Waals surface area contributed by atoms with Gasteiger partial charge in [-0.2, -0.15) is 0 Å². The van der Waals surface area contributed by atoms with Crippen LogP contribution in [0.3, 0.4) is 0 Å². The van der Waals surface area contributed by atoms with Crippen molar-refractivity contribution in [3.8, 4) is 11.5 Å². The summed E-state index contributed by atoms with van der Waals surface area (Å²) in [6, 6.07) is 16.5. The highest BCUT2D eigenvalue weighted by Gasteiger charge is 2.13. The number of ether oxygens (including phenoxy) is 2. The fourth-order valence-corrected chi connectivity index (χ4v) is 3.55. The van der Waals surface area contributed by atoms with Crippen LogP contribution in [0.5, 0.6) is 11.5 Å². The minimum Gasteiger partial charge on any atom is -0.493 e. The van der Waals surface area contributed by atoms with E-state index in [1.54, 1.807) is 19.2 Å². The molecule has 0 atom stereocenters. The Kier molecular flexibility index (Phi) is 7.19. The SMILES string of the molecule is COc1cc(CNc2cccc(Cl)c2)cc(Cl)c1OCc1ccc(Cl)cc1Cl. The second kappa shape index (κ2) is 9.62. The summed E-state index contributed by atoms with van der Waals surface area (Å²) in [5.74, 6) is 1.00. The number of anilines is 1. The first kappa shape index (κ1) is 20.9. The number of nitrogens with one attached hydrogen (secondary N) is 1. The second-order valence-electron chi connectivity index (χ2n) is 6.00. The van der Waals surface area contributed by atoms with Crippen molar-refractivity contribution in [2.24, 2.45) is 0 Å². The van der Waals surface area contributed by atoms with Gasteiger partial charge < -0.3 is 14.8 Å². The summed E-state index contributed by atoms with van der Waals surface area (Å²) in [6.45, 7) is 0.798. The van der Waals surface area contributed by atoms with Gasteiger partial charge in [0.15, 0.2) is 11.5 Å². The van der Waals surface area contributed by atoms with E-state index in [1.807, 2.05) is 42.5 Å². The smallest absolute Gasteiger partial charge is 0.180 e. The third-order valence-corrected chi connectivity index (χ3v) is 5.10. The van der Waals surface area contributed by atoms with Crippen molar-refractivity contribution in [3.05, 3.63) is 85.8 Å². The third kappa shape index (κ3) is 5.39. The molecule has 0 fully saturated rings. The summed E-state index contributed by atoms with van der Waals surface area (Å²) >= 11 is 24.6. The highest BCUT2D eigenvalue weighted by molar-refractivity contribution is 6.35. The Morgan fingerprint density at radius 2 is 1.64 bits per heavy atom. The van der Waals surface area contributed by atoms with E-state index in [0.29, 0.717) is 38.1 Å². The van der Waals surface area contributed by atoms with Crippen LogP contribution < -0.4 is 14.8 Å². The van der Waals surface area contributed by atoms with E-state index in [2.05, 4.69) is 5.32 Å². The molecule has 0 aliphatic rings. The molecule has 146 valence electrons. The Morgan fingerprint density at radius 1 is 0.857 bits per heavy atom. The molecule has 28 heavy (non-hydrogen) atoms. The van der Waals surface area contributed by atoms with Crippen molar-refractivity contribution in [3.63, 3.8) is 0 Å². The van der Waals surface area contributed by atoms with Gasteiger partial charge in [0.2, 0.25) is 0 Å². The zero-order valence-electron chi connectivity index (χ0n) is 14.9. The van der Waals surface area contributed by atoms with Gasteiger partial charge in [0.05, 0.1) is 12.1 Å². The largest absolute Gasteiger partial charge is 0.493 e. The maximum Gasteiger partial charge on any atom is 0.180 e. The van der Waals surface area contributed by atoms with Crippen molar-refractivity contribution in [2.75, 3.05) is 12.4 Å². The standard InChI is InChI=1S/C21H17Cl4NO2/c1-27-20-8-13(11-26-17-4-2-3-15(22)9-17)7-19(25)21(20)28-12-14-5-6-16(23)10-18(14)24/h2-10,26H,11-12H2,1H3. The molecule has 0 radical (unpaired) electrons. The molecule has 0 unspecified atom stereocenters. The van der Waals surface area contributed by atoms with Gasteiger partial charge in [0, 0.05) is 32.9 Å². The lowest BCUT2D eigenvalue weighted by Crippen LogP contribution is -2.03. The first-order chi connectivity index (χ1) is 13.5. The third-order valence-electron chi connectivity index (χ3n) is 4.00. The molecule has 3 rings (SSSR count). The van der Waals surface area contributed by atoms with Gasteiger partial charge in [-0.1, -0.05) is 58.5 Å². The first-order valence-corrected chi connectivity index (χ1v) is 9.90. The summed E-state index contributed by atoms with van der Waals surface area (Å²) in [7, 11) is 1.57. The molecule has 0 heterocycles. The van der Waals surface area contributed by atoms with E-state index in [9.17, 15) is 0 Å². The van der Waals surface area contributed by atoms with E-state index in [1.165, 1.54) is 0 Å². The number of benzene rings is 3. The number of halogens is 4. The molecule has 1 N–H and O–H groups in total. The second-order valence-corrected chi connectivity index (χ2v) is 7.68. The Bertz CT molecular complexity index is 979. The van der Waals surface area contributed by atoms with E-state index in [-0.39, 0.29) is 6.61 Å². The van der Waals surface area contributed by atoms with Gasteiger partial charge in [-0.05, 0) is 48.0 Å². The maximum atomic E-state index is 6.44. The summed E-state index contributed by atoms with van der Waals surface area (Å²) < 4.78 is 11.3. The molecule has 0 aliphatic carbocycles. The maximum absolute atomic E-state index is 6.44. The monoisotopic (exact) mass is 455 g/mol. The van der Waals surface area contributed by atoms with Gasteiger partial charge in [-0.25, -0.2) is 0 Å². The topological polar surface area (TPSA) is 30.5 Å². The minimum absolute atomic E-state index is 0.242. The zero-order chi connectivity index (χ0) is 20.1. The molecule has 3 nitrogen and oxygen atoms in total. The lowest BCUT2D eigenvalue weighted by Gasteiger charge is -2.15. The van der Waals surface area contributed by atoms with E-state index >= 15 is 0 Å². The van der Waals surface area contributed by atoms with E-state index in [4.69, 9.17) is 55.9 Å². The van der Waals surface area contributed by atoms with E-state index in [0.717, 1.165) is 16.8 Å². The number of hydrogen-bond acceptors (Lipinski definition) is 3. The average Bonchev–Trinajstić information content (AvgIpc) is 2.66. The highest BCUT2D eigenvalue weighted by Crippen LogP contribution is 2.37. The molecule has 3 aromatic carbocycles. The molecule has 0 spiro atoms. The van der Waals surface area contributed by atoms with Gasteiger partial charge in [-0.3, -0.25) is 0 Å². The predicted octanol–water partition coefficient (Wildman–Crippen LogP) is 7.50. The first-order valence-electron chi connectivity index (χ1n) is 8.39. The van der Waals surface area contributed by atoms with Crippen molar-refractivity contribution < 1.29 is 9.47 Å². The van der Waals surface area contributed by atoms with Crippen LogP contribution in [0.2, 0.25) is 20.1 Å². The number of rotatable bonds is 7. The van der Waals surface area contributed by atoms with E-state index < -0.39 is 0 Å². The Labute approximate surface area is 184 Å². The zero-order valence-corrected chi connectivity index (χ0v) is 18.0. The molecule has 7 heteroatoms. The molecule has 0 amide bonds. The van der Waals surface area contributed by atoms with Gasteiger partial charge >= 0.3 is 0 Å². The predicted molar refractivity (Wildman–Crippen MR) is 118 cm³/mol. The summed E-state index contributed by atoms with van der Waals surface area (Å²) in [5.41, 5.74) is 2.66. The van der Waals surface area contributed by atoms with Gasteiger partial charge in [-0.15, -0.1) is 0 Å². The molecule has 3 aromatic rings. The average molecular weight is 457 g/mol. The fraction of sp³-hybridized carbons (Fsp3) is 0.143. The van der Waals surface area contributed by atoms with Crippen molar-refractivity contribution in [1.82, 2.24) is 0 Å². The van der Waals surface area contributed by atoms with Crippen molar-refractivity contribution in [1.29, 1.82) is 0 Å². The van der Waals surface area contributed by atoms with Crippen LogP contribution in [0.15, 0.2) is 54.6 Å². The Balaban J connectivity index is 1.73. The lowest BCUT2D eigenvalue weighted by atomic mass is 10.2. The number of hydrogen-bond donors (Lipinski definition) is 1. The molecule has 0 bridgehead atoms. The molecular weight excluding hydrogens is 440 g/mol. The molecule has 0 saturated heterocycles. The van der Waals surface area contributed by atoms with Crippen molar-refractivity contribution >= 4 is 52.1 Å². The summed E-state index contributed by atoms with van der Waals surface area (Å²) in [5, 5.41) is 5.53. The van der Waals surface area contributed by atoms with Gasteiger partial charge in [0.25, 0.3) is 0 Å². The minimum atomic E-state index is 0.242. The Morgan fingerprint density at radius 3 is 2.36 bits per heavy atom. The van der Waals surface area contributed by atoms with Crippen LogP contribution in [0.1, 0.15) is 11.1 Å². The summed E-state index contributed by atoms with van der Waals surface area (Å²) in [4.78, 5) is 0. The lowest BCUT2D eigenvalue weighted by molar-refractivity contribution is 0.284. The van der Waals surface area contributed by atoms with Crippen molar-refractivity contribution in [2.45, 2.75) is 13.2 Å². The van der Waals surface area contributed by atoms with Crippen LogP contribution >= 0.6 is 46.4 Å². The highest BCUT2D eigenvalue weighted by atomic mass is 35.5. The normalized spacial score (nSPS) is 10.6. The van der Waals surface area contributed by atoms with Gasteiger partial charge in [0.1, 0.15) is 6.61 Å². The Hall–Kier alpha value is -1.78. The quantitative estimate of drug-likeness (QED) is 0.399. The van der Waals surface area contributed by atoms with Crippen LogP contribution in [0, 0.1) is 0 Å². The van der Waals surface area contributed by atoms with Crippen LogP contribution in [0.25, 0.3) is 0 Å². The molecular formula is C21H17Cl4NO2.